The molecule has 0 spiro atoms. The molecule has 0 rings (SSSR count). The Morgan fingerprint density at radius 1 is 0.444 bits per heavy atom. The average Bonchev–Trinajstić information content (AvgIpc) is 3.18. The molecule has 1 unspecified atom stereocenters. The summed E-state index contributed by atoms with van der Waals surface area (Å²) in [5.41, 5.74) is 0. The first-order valence-electron chi connectivity index (χ1n) is 24.4. The van der Waals surface area contributed by atoms with Crippen LogP contribution in [0.1, 0.15) is 264 Å². The molecule has 4 heteroatoms. The molecule has 0 fully saturated rings. The topological polar surface area (TPSA) is 55.8 Å². The van der Waals surface area contributed by atoms with E-state index in [1.807, 2.05) is 0 Å². The number of esters is 1. The molecule has 0 aromatic heterocycles. The van der Waals surface area contributed by atoms with Crippen LogP contribution >= 0.6 is 0 Å². The van der Waals surface area contributed by atoms with Crippen molar-refractivity contribution in [3.05, 3.63) is 24.3 Å². The molecular formula is C50H96O4. The molecule has 0 bridgehead atoms. The molecule has 4 nitrogen and oxygen atoms in total. The lowest BCUT2D eigenvalue weighted by atomic mass is 10.0. The maximum atomic E-state index is 12.2. The number of allylic oxidation sites excluding steroid dienone is 4. The van der Waals surface area contributed by atoms with Gasteiger partial charge in [-0.3, -0.25) is 4.79 Å². The zero-order valence-electron chi connectivity index (χ0n) is 36.8. The van der Waals surface area contributed by atoms with E-state index in [0.29, 0.717) is 19.6 Å². The smallest absolute Gasteiger partial charge is 0.306 e. The van der Waals surface area contributed by atoms with Crippen LogP contribution in [0, 0.1) is 0 Å². The summed E-state index contributed by atoms with van der Waals surface area (Å²) in [5.74, 6) is -0.199. The summed E-state index contributed by atoms with van der Waals surface area (Å²) in [6.07, 6.45) is 59.7. The third kappa shape index (κ3) is 45.3. The minimum atomic E-state index is -0.533. The van der Waals surface area contributed by atoms with Gasteiger partial charge in [-0.25, -0.2) is 0 Å². The van der Waals surface area contributed by atoms with E-state index in [4.69, 9.17) is 9.47 Å². The van der Waals surface area contributed by atoms with Crippen molar-refractivity contribution in [2.75, 3.05) is 19.8 Å². The molecule has 1 atom stereocenters. The highest BCUT2D eigenvalue weighted by molar-refractivity contribution is 5.69. The number of hydrogen-bond acceptors (Lipinski definition) is 4. The number of rotatable bonds is 46. The van der Waals surface area contributed by atoms with Crippen LogP contribution in [0.15, 0.2) is 24.3 Å². The first-order valence-corrected chi connectivity index (χ1v) is 24.4. The fourth-order valence-corrected chi connectivity index (χ4v) is 7.36. The lowest BCUT2D eigenvalue weighted by molar-refractivity contribution is -0.154. The Balaban J connectivity index is 3.38. The molecule has 0 heterocycles. The van der Waals surface area contributed by atoms with E-state index in [1.54, 1.807) is 0 Å². The minimum Gasteiger partial charge on any atom is -0.457 e. The lowest BCUT2D eigenvalue weighted by Gasteiger charge is -2.16. The van der Waals surface area contributed by atoms with Crippen LogP contribution in [0.25, 0.3) is 0 Å². The molecule has 0 aliphatic carbocycles. The lowest BCUT2D eigenvalue weighted by Crippen LogP contribution is -2.27. The van der Waals surface area contributed by atoms with Crippen LogP contribution in [0.4, 0.5) is 0 Å². The molecule has 0 aliphatic heterocycles. The van der Waals surface area contributed by atoms with Gasteiger partial charge >= 0.3 is 5.97 Å². The number of hydrogen-bond donors (Lipinski definition) is 1. The zero-order chi connectivity index (χ0) is 39.1. The number of unbranched alkanes of at least 4 members (excludes halogenated alkanes) is 34. The largest absolute Gasteiger partial charge is 0.457 e. The predicted octanol–water partition coefficient (Wildman–Crippen LogP) is 16.3. The molecule has 0 radical (unpaired) electrons. The van der Waals surface area contributed by atoms with Crippen LogP contribution in [0.3, 0.4) is 0 Å². The van der Waals surface area contributed by atoms with Crippen molar-refractivity contribution in [3.63, 3.8) is 0 Å². The number of carbonyl (C=O) groups excluding carboxylic acids is 1. The van der Waals surface area contributed by atoms with Gasteiger partial charge in [0.05, 0.1) is 13.2 Å². The van der Waals surface area contributed by atoms with Gasteiger partial charge in [-0.2, -0.15) is 0 Å². The molecule has 0 aromatic carbocycles. The summed E-state index contributed by atoms with van der Waals surface area (Å²) >= 11 is 0. The third-order valence-electron chi connectivity index (χ3n) is 11.0. The first-order chi connectivity index (χ1) is 26.7. The second kappa shape index (κ2) is 48.0. The van der Waals surface area contributed by atoms with Crippen LogP contribution in [0.2, 0.25) is 0 Å². The van der Waals surface area contributed by atoms with Gasteiger partial charge in [0.25, 0.3) is 0 Å². The number of aliphatic hydroxyl groups is 1. The standard InChI is InChI=1S/C50H96O4/c1-3-5-7-9-11-13-15-17-19-21-23-25-27-29-31-33-35-37-39-41-43-45-50(52)54-49(47-51)48-53-46-44-42-40-38-36-34-32-30-28-26-24-22-20-18-16-14-12-10-8-6-4-2/h15,17,21,23,49,51H,3-14,16,18-20,22,24-48H2,1-2H3/b17-15-,23-21-. The normalized spacial score (nSPS) is 12.4. The molecule has 54 heavy (non-hydrogen) atoms. The van der Waals surface area contributed by atoms with Gasteiger partial charge in [-0.1, -0.05) is 237 Å². The summed E-state index contributed by atoms with van der Waals surface area (Å²) in [5, 5.41) is 9.64. The van der Waals surface area contributed by atoms with Crippen LogP contribution in [-0.2, 0) is 14.3 Å². The van der Waals surface area contributed by atoms with Gasteiger partial charge in [-0.15, -0.1) is 0 Å². The van der Waals surface area contributed by atoms with E-state index in [9.17, 15) is 9.90 Å². The van der Waals surface area contributed by atoms with Crippen molar-refractivity contribution in [1.29, 1.82) is 0 Å². The van der Waals surface area contributed by atoms with E-state index in [-0.39, 0.29) is 12.6 Å². The second-order valence-corrected chi connectivity index (χ2v) is 16.5. The minimum absolute atomic E-state index is 0.169. The van der Waals surface area contributed by atoms with Crippen molar-refractivity contribution in [1.82, 2.24) is 0 Å². The summed E-state index contributed by atoms with van der Waals surface area (Å²) in [7, 11) is 0. The zero-order valence-corrected chi connectivity index (χ0v) is 36.8. The molecule has 0 aliphatic rings. The highest BCUT2D eigenvalue weighted by Gasteiger charge is 2.13. The Morgan fingerprint density at radius 3 is 1.15 bits per heavy atom. The maximum absolute atomic E-state index is 12.2. The number of ether oxygens (including phenoxy) is 2. The molecular weight excluding hydrogens is 665 g/mol. The highest BCUT2D eigenvalue weighted by Crippen LogP contribution is 2.16. The van der Waals surface area contributed by atoms with Crippen molar-refractivity contribution < 1.29 is 19.4 Å². The van der Waals surface area contributed by atoms with E-state index in [0.717, 1.165) is 25.7 Å². The quantitative estimate of drug-likeness (QED) is 0.0381. The number of carbonyl (C=O) groups is 1. The summed E-state index contributed by atoms with van der Waals surface area (Å²) < 4.78 is 11.2. The Hall–Kier alpha value is -1.13. The van der Waals surface area contributed by atoms with E-state index < -0.39 is 6.10 Å². The van der Waals surface area contributed by atoms with Gasteiger partial charge in [0, 0.05) is 13.0 Å². The average molecular weight is 761 g/mol. The first kappa shape index (κ1) is 52.9. The monoisotopic (exact) mass is 761 g/mol. The Labute approximate surface area is 338 Å². The van der Waals surface area contributed by atoms with Gasteiger partial charge in [0.15, 0.2) is 0 Å². The van der Waals surface area contributed by atoms with Gasteiger partial charge in [0.2, 0.25) is 0 Å². The summed E-state index contributed by atoms with van der Waals surface area (Å²) in [4.78, 5) is 12.2. The number of aliphatic hydroxyl groups excluding tert-OH is 1. The van der Waals surface area contributed by atoms with Crippen molar-refractivity contribution in [2.24, 2.45) is 0 Å². The second-order valence-electron chi connectivity index (χ2n) is 16.5. The molecule has 0 amide bonds. The van der Waals surface area contributed by atoms with Crippen LogP contribution < -0.4 is 0 Å². The fraction of sp³-hybridized carbons (Fsp3) is 0.900. The van der Waals surface area contributed by atoms with Crippen molar-refractivity contribution >= 4 is 5.97 Å². The molecule has 0 saturated carbocycles. The third-order valence-corrected chi connectivity index (χ3v) is 11.0. The molecule has 320 valence electrons. The Kier molecular flexibility index (Phi) is 47.0. The maximum Gasteiger partial charge on any atom is 0.306 e. The SMILES string of the molecule is CCCCCCC/C=C\C/C=C\CCCCCCCCCCCC(=O)OC(CO)COCCCCCCCCCCCCCCCCCCCCCCC. The van der Waals surface area contributed by atoms with Crippen molar-refractivity contribution in [3.8, 4) is 0 Å². The Morgan fingerprint density at radius 2 is 0.778 bits per heavy atom. The van der Waals surface area contributed by atoms with Crippen LogP contribution in [-0.4, -0.2) is 37.0 Å². The molecule has 0 saturated heterocycles. The summed E-state index contributed by atoms with van der Waals surface area (Å²) in [6.45, 7) is 5.38. The van der Waals surface area contributed by atoms with Gasteiger partial charge in [0.1, 0.15) is 6.10 Å². The van der Waals surface area contributed by atoms with Gasteiger partial charge < -0.3 is 14.6 Å². The summed E-state index contributed by atoms with van der Waals surface area (Å²) in [6, 6.07) is 0. The highest BCUT2D eigenvalue weighted by atomic mass is 16.6. The van der Waals surface area contributed by atoms with E-state index in [2.05, 4.69) is 38.2 Å². The van der Waals surface area contributed by atoms with Gasteiger partial charge in [-0.05, 0) is 44.9 Å². The van der Waals surface area contributed by atoms with E-state index in [1.165, 1.54) is 218 Å². The molecule has 0 aromatic rings. The van der Waals surface area contributed by atoms with E-state index >= 15 is 0 Å². The predicted molar refractivity (Wildman–Crippen MR) is 237 cm³/mol. The van der Waals surface area contributed by atoms with Crippen LogP contribution in [0.5, 0.6) is 0 Å². The fourth-order valence-electron chi connectivity index (χ4n) is 7.36. The van der Waals surface area contributed by atoms with Crippen molar-refractivity contribution in [2.45, 2.75) is 270 Å². The Bertz CT molecular complexity index is 762. The molecule has 1 N–H and O–H groups in total.